The van der Waals surface area contributed by atoms with Crippen LogP contribution in [-0.2, 0) is 0 Å². The smallest absolute Gasteiger partial charge is 0.160 e. The molecule has 0 fully saturated rings. The number of fused-ring (bicyclic) bond motifs is 1. The number of methoxy groups -OCH3 is 2. The zero-order chi connectivity index (χ0) is 17.1. The molecular formula is C18H15N3O3. The fraction of sp³-hybridized carbons (Fsp3) is 0.111. The molecule has 0 saturated carbocycles. The highest BCUT2D eigenvalue weighted by atomic mass is 16.5. The van der Waals surface area contributed by atoms with Crippen LogP contribution in [0.5, 0.6) is 17.2 Å². The fourth-order valence-corrected chi connectivity index (χ4v) is 2.43. The van der Waals surface area contributed by atoms with Crippen molar-refractivity contribution in [2.75, 3.05) is 19.5 Å². The standard InChI is InChI=1S/C18H15N3O3/c1-23-13-4-5-15-14(8-13)18(11(9-19)10-20-15)21-12-3-6-17(24-2)16(22)7-12/h3-8,10,22H,1-2H3,(H,20,21). The second kappa shape index (κ2) is 6.34. The second-order valence-electron chi connectivity index (χ2n) is 5.05. The molecule has 0 saturated heterocycles. The molecule has 3 rings (SSSR count). The van der Waals surface area contributed by atoms with Gasteiger partial charge in [0.05, 0.1) is 31.0 Å². The monoisotopic (exact) mass is 321 g/mol. The Kier molecular flexibility index (Phi) is 4.08. The largest absolute Gasteiger partial charge is 0.504 e. The Morgan fingerprint density at radius 2 is 1.96 bits per heavy atom. The van der Waals surface area contributed by atoms with E-state index < -0.39 is 0 Å². The third-order valence-corrected chi connectivity index (χ3v) is 3.64. The summed E-state index contributed by atoms with van der Waals surface area (Å²) in [5.41, 5.74) is 2.35. The normalized spacial score (nSPS) is 10.2. The van der Waals surface area contributed by atoms with E-state index >= 15 is 0 Å². The zero-order valence-corrected chi connectivity index (χ0v) is 13.2. The van der Waals surface area contributed by atoms with Gasteiger partial charge in [0.1, 0.15) is 11.8 Å². The summed E-state index contributed by atoms with van der Waals surface area (Å²) in [4.78, 5) is 4.29. The molecule has 1 heterocycles. The number of aromatic nitrogens is 1. The zero-order valence-electron chi connectivity index (χ0n) is 13.2. The van der Waals surface area contributed by atoms with E-state index in [9.17, 15) is 10.4 Å². The molecule has 0 spiro atoms. The van der Waals surface area contributed by atoms with Gasteiger partial charge < -0.3 is 19.9 Å². The van der Waals surface area contributed by atoms with Gasteiger partial charge in [-0.3, -0.25) is 4.98 Å². The maximum atomic E-state index is 9.93. The average molecular weight is 321 g/mol. The van der Waals surface area contributed by atoms with E-state index in [-0.39, 0.29) is 5.75 Å². The number of aromatic hydroxyl groups is 1. The van der Waals surface area contributed by atoms with Gasteiger partial charge in [-0.15, -0.1) is 0 Å². The van der Waals surface area contributed by atoms with Crippen molar-refractivity contribution >= 4 is 22.3 Å². The van der Waals surface area contributed by atoms with Crippen LogP contribution >= 0.6 is 0 Å². The molecule has 0 atom stereocenters. The third kappa shape index (κ3) is 2.75. The van der Waals surface area contributed by atoms with E-state index in [1.54, 1.807) is 19.2 Å². The minimum absolute atomic E-state index is 0.0111. The van der Waals surface area contributed by atoms with Gasteiger partial charge in [0.15, 0.2) is 11.5 Å². The van der Waals surface area contributed by atoms with Crippen LogP contribution in [0.4, 0.5) is 11.4 Å². The molecule has 2 aromatic carbocycles. The molecule has 120 valence electrons. The first-order chi connectivity index (χ1) is 11.7. The van der Waals surface area contributed by atoms with Crippen LogP contribution in [0.1, 0.15) is 5.56 Å². The molecule has 0 unspecified atom stereocenters. The highest BCUT2D eigenvalue weighted by Gasteiger charge is 2.11. The Hall–Kier alpha value is -3.46. The number of pyridine rings is 1. The molecule has 6 nitrogen and oxygen atoms in total. The topological polar surface area (TPSA) is 87.4 Å². The summed E-state index contributed by atoms with van der Waals surface area (Å²) in [5.74, 6) is 1.05. The van der Waals surface area contributed by atoms with Gasteiger partial charge in [0.2, 0.25) is 0 Å². The van der Waals surface area contributed by atoms with Crippen LogP contribution in [0.2, 0.25) is 0 Å². The van der Waals surface area contributed by atoms with Gasteiger partial charge in [0, 0.05) is 23.3 Å². The van der Waals surface area contributed by atoms with E-state index in [0.29, 0.717) is 28.4 Å². The first-order valence-corrected chi connectivity index (χ1v) is 7.17. The summed E-state index contributed by atoms with van der Waals surface area (Å²) >= 11 is 0. The quantitative estimate of drug-likeness (QED) is 0.764. The molecule has 0 aliphatic heterocycles. The lowest BCUT2D eigenvalue weighted by molar-refractivity contribution is 0.373. The SMILES string of the molecule is COc1ccc2ncc(C#N)c(Nc3ccc(OC)c(O)c3)c2c1. The molecule has 0 bridgehead atoms. The maximum absolute atomic E-state index is 9.93. The average Bonchev–Trinajstić information content (AvgIpc) is 2.61. The molecule has 2 N–H and O–H groups in total. The number of nitriles is 1. The van der Waals surface area contributed by atoms with Gasteiger partial charge >= 0.3 is 0 Å². The van der Waals surface area contributed by atoms with Gasteiger partial charge in [-0.25, -0.2) is 0 Å². The molecule has 3 aromatic rings. The van der Waals surface area contributed by atoms with E-state index in [1.165, 1.54) is 19.4 Å². The Labute approximate surface area is 138 Å². The molecule has 0 aliphatic rings. The summed E-state index contributed by atoms with van der Waals surface area (Å²) in [6.07, 6.45) is 1.51. The van der Waals surface area contributed by atoms with E-state index in [0.717, 1.165) is 10.9 Å². The van der Waals surface area contributed by atoms with Crippen molar-refractivity contribution < 1.29 is 14.6 Å². The molecule has 0 amide bonds. The van der Waals surface area contributed by atoms with Crippen LogP contribution in [0.15, 0.2) is 42.6 Å². The Morgan fingerprint density at radius 1 is 1.12 bits per heavy atom. The van der Waals surface area contributed by atoms with Gasteiger partial charge in [0.25, 0.3) is 0 Å². The lowest BCUT2D eigenvalue weighted by Gasteiger charge is -2.13. The van der Waals surface area contributed by atoms with Crippen LogP contribution in [0.25, 0.3) is 10.9 Å². The van der Waals surface area contributed by atoms with Crippen LogP contribution in [0, 0.1) is 11.3 Å². The van der Waals surface area contributed by atoms with Crippen LogP contribution < -0.4 is 14.8 Å². The molecule has 1 aromatic heterocycles. The molecule has 6 heteroatoms. The van der Waals surface area contributed by atoms with Crippen molar-refractivity contribution in [2.45, 2.75) is 0 Å². The van der Waals surface area contributed by atoms with Gasteiger partial charge in [-0.1, -0.05) is 0 Å². The summed E-state index contributed by atoms with van der Waals surface area (Å²) < 4.78 is 10.3. The minimum Gasteiger partial charge on any atom is -0.504 e. The summed E-state index contributed by atoms with van der Waals surface area (Å²) in [5, 5.41) is 23.2. The number of ether oxygens (including phenoxy) is 2. The van der Waals surface area contributed by atoms with Crippen molar-refractivity contribution in [3.8, 4) is 23.3 Å². The summed E-state index contributed by atoms with van der Waals surface area (Å²) in [7, 11) is 3.07. The minimum atomic E-state index is 0.0111. The van der Waals surface area contributed by atoms with Crippen molar-refractivity contribution in [1.29, 1.82) is 5.26 Å². The summed E-state index contributed by atoms with van der Waals surface area (Å²) in [6, 6.07) is 12.5. The maximum Gasteiger partial charge on any atom is 0.160 e. The van der Waals surface area contributed by atoms with Crippen LogP contribution in [-0.4, -0.2) is 24.3 Å². The Bertz CT molecular complexity index is 948. The van der Waals surface area contributed by atoms with Crippen molar-refractivity contribution in [3.05, 3.63) is 48.2 Å². The van der Waals surface area contributed by atoms with Crippen LogP contribution in [0.3, 0.4) is 0 Å². The molecular weight excluding hydrogens is 306 g/mol. The molecule has 0 radical (unpaired) electrons. The van der Waals surface area contributed by atoms with Crippen molar-refractivity contribution in [3.63, 3.8) is 0 Å². The van der Waals surface area contributed by atoms with E-state index in [2.05, 4.69) is 16.4 Å². The first-order valence-electron chi connectivity index (χ1n) is 7.17. The summed E-state index contributed by atoms with van der Waals surface area (Å²) in [6.45, 7) is 0. The van der Waals surface area contributed by atoms with Gasteiger partial charge in [-0.05, 0) is 30.3 Å². The highest BCUT2D eigenvalue weighted by Crippen LogP contribution is 2.34. The number of hydrogen-bond acceptors (Lipinski definition) is 6. The second-order valence-corrected chi connectivity index (χ2v) is 5.05. The highest BCUT2D eigenvalue weighted by molar-refractivity contribution is 5.96. The molecule has 0 aliphatic carbocycles. The molecule has 24 heavy (non-hydrogen) atoms. The number of benzene rings is 2. The Morgan fingerprint density at radius 3 is 2.62 bits per heavy atom. The lowest BCUT2D eigenvalue weighted by atomic mass is 10.1. The number of anilines is 2. The number of nitrogens with zero attached hydrogens (tertiary/aromatic N) is 2. The number of phenolic OH excluding ortho intramolecular Hbond substituents is 1. The van der Waals surface area contributed by atoms with Crippen molar-refractivity contribution in [2.24, 2.45) is 0 Å². The number of nitrogens with one attached hydrogen (secondary N) is 1. The number of phenols is 1. The third-order valence-electron chi connectivity index (χ3n) is 3.64. The first kappa shape index (κ1) is 15.4. The van der Waals surface area contributed by atoms with E-state index in [4.69, 9.17) is 9.47 Å². The predicted octanol–water partition coefficient (Wildman–Crippen LogP) is 3.57. The fourth-order valence-electron chi connectivity index (χ4n) is 2.43. The van der Waals surface area contributed by atoms with Gasteiger partial charge in [-0.2, -0.15) is 5.26 Å². The number of rotatable bonds is 4. The predicted molar refractivity (Wildman–Crippen MR) is 91.0 cm³/mol. The van der Waals surface area contributed by atoms with E-state index in [1.807, 2.05) is 18.2 Å². The lowest BCUT2D eigenvalue weighted by Crippen LogP contribution is -1.97. The Balaban J connectivity index is 2.13. The number of hydrogen-bond donors (Lipinski definition) is 2. The van der Waals surface area contributed by atoms with Crippen molar-refractivity contribution in [1.82, 2.24) is 4.98 Å².